The molecule has 1 aromatic carbocycles. The first-order valence-corrected chi connectivity index (χ1v) is 5.81. The highest BCUT2D eigenvalue weighted by Crippen LogP contribution is 2.10. The number of benzene rings is 1. The molecule has 1 aromatic heterocycles. The Hall–Kier alpha value is -2.40. The first-order valence-electron chi connectivity index (χ1n) is 5.81. The predicted octanol–water partition coefficient (Wildman–Crippen LogP) is 1.43. The molecule has 5 heteroatoms. The number of aromatic nitrogens is 1. The third-order valence-electron chi connectivity index (χ3n) is 2.69. The van der Waals surface area contributed by atoms with Gasteiger partial charge in [0.25, 0.3) is 11.5 Å². The van der Waals surface area contributed by atoms with Gasteiger partial charge in [0.05, 0.1) is 6.61 Å². The second kappa shape index (κ2) is 5.49. The van der Waals surface area contributed by atoms with Crippen molar-refractivity contribution in [2.75, 3.05) is 5.32 Å². The Morgan fingerprint density at radius 3 is 2.47 bits per heavy atom. The number of aromatic amines is 1. The third-order valence-corrected chi connectivity index (χ3v) is 2.69. The fourth-order valence-electron chi connectivity index (χ4n) is 1.64. The summed E-state index contributed by atoms with van der Waals surface area (Å²) in [4.78, 5) is 26.1. The monoisotopic (exact) mass is 258 g/mol. The molecule has 0 aliphatic carbocycles. The predicted molar refractivity (Wildman–Crippen MR) is 72.1 cm³/mol. The number of carbonyl (C=O) groups excluding carboxylic acids is 1. The van der Waals surface area contributed by atoms with E-state index in [1.54, 1.807) is 37.3 Å². The number of amides is 1. The number of aliphatic hydroxyl groups excluding tert-OH is 1. The number of pyridine rings is 1. The number of nitrogens with one attached hydrogen (secondary N) is 2. The molecule has 3 N–H and O–H groups in total. The molecule has 2 aromatic rings. The highest BCUT2D eigenvalue weighted by molar-refractivity contribution is 6.03. The maximum absolute atomic E-state index is 11.9. The van der Waals surface area contributed by atoms with Crippen LogP contribution in [0.2, 0.25) is 0 Å². The fourth-order valence-corrected chi connectivity index (χ4v) is 1.64. The van der Waals surface area contributed by atoms with Gasteiger partial charge < -0.3 is 15.4 Å². The van der Waals surface area contributed by atoms with Gasteiger partial charge in [0.2, 0.25) is 0 Å². The molecule has 98 valence electrons. The summed E-state index contributed by atoms with van der Waals surface area (Å²) in [5, 5.41) is 11.5. The van der Waals surface area contributed by atoms with Gasteiger partial charge in [-0.3, -0.25) is 9.59 Å². The number of H-pyrrole nitrogens is 1. The Morgan fingerprint density at radius 1 is 1.21 bits per heavy atom. The van der Waals surface area contributed by atoms with E-state index in [9.17, 15) is 9.59 Å². The van der Waals surface area contributed by atoms with Gasteiger partial charge in [-0.05, 0) is 36.8 Å². The molecule has 0 unspecified atom stereocenters. The lowest BCUT2D eigenvalue weighted by Crippen LogP contribution is -2.23. The minimum absolute atomic E-state index is 0.0497. The zero-order valence-corrected chi connectivity index (χ0v) is 10.4. The van der Waals surface area contributed by atoms with Crippen LogP contribution in [-0.4, -0.2) is 16.0 Å². The summed E-state index contributed by atoms with van der Waals surface area (Å²) in [5.74, 6) is -0.460. The molecule has 0 bridgehead atoms. The van der Waals surface area contributed by atoms with E-state index in [2.05, 4.69) is 10.3 Å². The molecule has 0 aliphatic rings. The van der Waals surface area contributed by atoms with Crippen LogP contribution in [0.15, 0.2) is 41.2 Å². The van der Waals surface area contributed by atoms with Crippen LogP contribution >= 0.6 is 0 Å². The molecule has 19 heavy (non-hydrogen) atoms. The van der Waals surface area contributed by atoms with Crippen molar-refractivity contribution < 1.29 is 9.90 Å². The molecular formula is C14H14N2O3. The molecular weight excluding hydrogens is 244 g/mol. The van der Waals surface area contributed by atoms with E-state index in [0.29, 0.717) is 11.4 Å². The lowest BCUT2D eigenvalue weighted by atomic mass is 10.2. The minimum Gasteiger partial charge on any atom is -0.392 e. The van der Waals surface area contributed by atoms with Crippen molar-refractivity contribution in [2.45, 2.75) is 13.5 Å². The standard InChI is InChI=1S/C14H14N2O3/c1-9-2-7-12(13(18)15-9)14(19)16-11-5-3-10(8-17)4-6-11/h2-7,17H,8H2,1H3,(H,15,18)(H,16,19). The summed E-state index contributed by atoms with van der Waals surface area (Å²) in [6, 6.07) is 9.92. The molecule has 0 radical (unpaired) electrons. The Bertz CT molecular complexity index is 644. The van der Waals surface area contributed by atoms with Crippen LogP contribution in [0.25, 0.3) is 0 Å². The van der Waals surface area contributed by atoms with E-state index < -0.39 is 11.5 Å². The van der Waals surface area contributed by atoms with Crippen LogP contribution in [0.4, 0.5) is 5.69 Å². The van der Waals surface area contributed by atoms with Gasteiger partial charge in [0.1, 0.15) is 5.56 Å². The van der Waals surface area contributed by atoms with E-state index >= 15 is 0 Å². The van der Waals surface area contributed by atoms with Crippen molar-refractivity contribution in [3.05, 3.63) is 63.6 Å². The van der Waals surface area contributed by atoms with Crippen LogP contribution < -0.4 is 10.9 Å². The summed E-state index contributed by atoms with van der Waals surface area (Å²) in [7, 11) is 0. The Labute approximate surface area is 109 Å². The first kappa shape index (κ1) is 13.0. The Kier molecular flexibility index (Phi) is 3.77. The SMILES string of the molecule is Cc1ccc(C(=O)Nc2ccc(CO)cc2)c(=O)[nH]1. The van der Waals surface area contributed by atoms with Crippen LogP contribution in [0, 0.1) is 6.92 Å². The van der Waals surface area contributed by atoms with Gasteiger partial charge in [0, 0.05) is 11.4 Å². The van der Waals surface area contributed by atoms with Gasteiger partial charge in [-0.25, -0.2) is 0 Å². The molecule has 1 heterocycles. The smallest absolute Gasteiger partial charge is 0.261 e. The Morgan fingerprint density at radius 2 is 1.89 bits per heavy atom. The van der Waals surface area contributed by atoms with Gasteiger partial charge in [-0.2, -0.15) is 0 Å². The normalized spacial score (nSPS) is 10.2. The molecule has 1 amide bonds. The topological polar surface area (TPSA) is 82.2 Å². The van der Waals surface area contributed by atoms with Crippen molar-refractivity contribution in [1.29, 1.82) is 0 Å². The summed E-state index contributed by atoms with van der Waals surface area (Å²) >= 11 is 0. The number of anilines is 1. The van der Waals surface area contributed by atoms with Gasteiger partial charge in [-0.1, -0.05) is 12.1 Å². The number of rotatable bonds is 3. The van der Waals surface area contributed by atoms with E-state index in [0.717, 1.165) is 5.56 Å². The zero-order chi connectivity index (χ0) is 13.8. The molecule has 0 fully saturated rings. The number of carbonyl (C=O) groups is 1. The average Bonchev–Trinajstić information content (AvgIpc) is 2.39. The fraction of sp³-hybridized carbons (Fsp3) is 0.143. The van der Waals surface area contributed by atoms with Crippen molar-refractivity contribution in [2.24, 2.45) is 0 Å². The van der Waals surface area contributed by atoms with E-state index in [1.807, 2.05) is 0 Å². The van der Waals surface area contributed by atoms with Crippen molar-refractivity contribution in [3.8, 4) is 0 Å². The maximum atomic E-state index is 11.9. The van der Waals surface area contributed by atoms with Gasteiger partial charge in [-0.15, -0.1) is 0 Å². The van der Waals surface area contributed by atoms with Gasteiger partial charge >= 0.3 is 0 Å². The molecule has 0 aliphatic heterocycles. The van der Waals surface area contributed by atoms with E-state index in [1.165, 1.54) is 6.07 Å². The van der Waals surface area contributed by atoms with Crippen molar-refractivity contribution in [3.63, 3.8) is 0 Å². The summed E-state index contributed by atoms with van der Waals surface area (Å²) in [6.45, 7) is 1.70. The second-order valence-corrected chi connectivity index (χ2v) is 4.19. The highest BCUT2D eigenvalue weighted by Gasteiger charge is 2.10. The van der Waals surface area contributed by atoms with Crippen LogP contribution in [0.5, 0.6) is 0 Å². The number of hydrogen-bond donors (Lipinski definition) is 3. The molecule has 2 rings (SSSR count). The summed E-state index contributed by atoms with van der Waals surface area (Å²) in [5.41, 5.74) is 1.68. The Balaban J connectivity index is 2.18. The van der Waals surface area contributed by atoms with Crippen molar-refractivity contribution >= 4 is 11.6 Å². The zero-order valence-electron chi connectivity index (χ0n) is 10.4. The third kappa shape index (κ3) is 3.08. The van der Waals surface area contributed by atoms with Gasteiger partial charge in [0.15, 0.2) is 0 Å². The van der Waals surface area contributed by atoms with Crippen LogP contribution in [-0.2, 0) is 6.61 Å². The van der Waals surface area contributed by atoms with E-state index in [4.69, 9.17) is 5.11 Å². The lowest BCUT2D eigenvalue weighted by molar-refractivity contribution is 0.102. The average molecular weight is 258 g/mol. The summed E-state index contributed by atoms with van der Waals surface area (Å²) < 4.78 is 0. The van der Waals surface area contributed by atoms with E-state index in [-0.39, 0.29) is 12.2 Å². The second-order valence-electron chi connectivity index (χ2n) is 4.19. The first-order chi connectivity index (χ1) is 9.10. The molecule has 0 saturated carbocycles. The molecule has 0 spiro atoms. The lowest BCUT2D eigenvalue weighted by Gasteiger charge is -2.05. The van der Waals surface area contributed by atoms with Crippen LogP contribution in [0.1, 0.15) is 21.6 Å². The maximum Gasteiger partial charge on any atom is 0.261 e. The quantitative estimate of drug-likeness (QED) is 0.778. The number of aliphatic hydroxyl groups is 1. The minimum atomic E-state index is -0.460. The molecule has 0 atom stereocenters. The molecule has 5 nitrogen and oxygen atoms in total. The number of hydrogen-bond acceptors (Lipinski definition) is 3. The summed E-state index contributed by atoms with van der Waals surface area (Å²) in [6.07, 6.45) is 0. The number of aryl methyl sites for hydroxylation is 1. The highest BCUT2D eigenvalue weighted by atomic mass is 16.3. The van der Waals surface area contributed by atoms with Crippen LogP contribution in [0.3, 0.4) is 0 Å². The molecule has 0 saturated heterocycles. The largest absolute Gasteiger partial charge is 0.392 e. The van der Waals surface area contributed by atoms with Crippen molar-refractivity contribution in [1.82, 2.24) is 4.98 Å².